The van der Waals surface area contributed by atoms with E-state index in [0.717, 1.165) is 11.3 Å². The van der Waals surface area contributed by atoms with Crippen LogP contribution in [0, 0.1) is 6.07 Å². The summed E-state index contributed by atoms with van der Waals surface area (Å²) in [6, 6.07) is 8.45. The van der Waals surface area contributed by atoms with Crippen LogP contribution in [0.25, 0.3) is 0 Å². The molecule has 78 valence electrons. The van der Waals surface area contributed by atoms with E-state index in [9.17, 15) is 0 Å². The fourth-order valence-corrected chi connectivity index (χ4v) is 1.34. The topological polar surface area (TPSA) is 27.7 Å². The molecule has 3 nitrogen and oxygen atoms in total. The second-order valence-electron chi connectivity index (χ2n) is 2.74. The fourth-order valence-electron chi connectivity index (χ4n) is 1.34. The van der Waals surface area contributed by atoms with Gasteiger partial charge in [0.15, 0.2) is 0 Å². The van der Waals surface area contributed by atoms with Crippen LogP contribution in [0.3, 0.4) is 0 Å². The summed E-state index contributed by atoms with van der Waals surface area (Å²) in [5.41, 5.74) is 0.905. The predicted molar refractivity (Wildman–Crippen MR) is 52.2 cm³/mol. The molecule has 0 spiro atoms. The van der Waals surface area contributed by atoms with Gasteiger partial charge in [0.1, 0.15) is 6.29 Å². The summed E-state index contributed by atoms with van der Waals surface area (Å²) in [7, 11) is 1.63. The molecule has 1 aromatic rings. The molecule has 1 aliphatic rings. The summed E-state index contributed by atoms with van der Waals surface area (Å²) in [4.78, 5) is 0. The van der Waals surface area contributed by atoms with Crippen LogP contribution in [0.15, 0.2) is 18.2 Å². The monoisotopic (exact) mass is 282 g/mol. The molecule has 0 saturated carbocycles. The second kappa shape index (κ2) is 7.46. The van der Waals surface area contributed by atoms with E-state index in [1.807, 2.05) is 12.1 Å². The zero-order valence-electron chi connectivity index (χ0n) is 8.53. The Morgan fingerprint density at radius 2 is 2.07 bits per heavy atom. The largest absolute Gasteiger partial charge is 2.00 e. The van der Waals surface area contributed by atoms with Crippen molar-refractivity contribution in [1.29, 1.82) is 0 Å². The van der Waals surface area contributed by atoms with Crippen LogP contribution in [0.2, 0.25) is 0 Å². The third kappa shape index (κ3) is 3.60. The van der Waals surface area contributed by atoms with Gasteiger partial charge in [-0.2, -0.15) is 18.2 Å². The normalized spacial score (nSPS) is 15.3. The summed E-state index contributed by atoms with van der Waals surface area (Å²) in [5, 5.41) is 0. The van der Waals surface area contributed by atoms with Crippen molar-refractivity contribution in [3.63, 3.8) is 0 Å². The first-order valence-electron chi connectivity index (χ1n) is 4.19. The van der Waals surface area contributed by atoms with Crippen LogP contribution in [-0.4, -0.2) is 43.4 Å². The SMILES string of the molecule is COc1cc[c-]cc1C1OCCO1.[Br-].[Mg+2]. The van der Waals surface area contributed by atoms with Crippen molar-refractivity contribution in [2.75, 3.05) is 20.3 Å². The Morgan fingerprint density at radius 3 is 2.67 bits per heavy atom. The van der Waals surface area contributed by atoms with Crippen LogP contribution in [0.5, 0.6) is 5.75 Å². The van der Waals surface area contributed by atoms with Crippen molar-refractivity contribution in [1.82, 2.24) is 0 Å². The van der Waals surface area contributed by atoms with Crippen molar-refractivity contribution in [3.8, 4) is 5.75 Å². The molecule has 1 aromatic carbocycles. The van der Waals surface area contributed by atoms with Crippen molar-refractivity contribution >= 4 is 23.1 Å². The van der Waals surface area contributed by atoms with E-state index in [-0.39, 0.29) is 46.3 Å². The Morgan fingerprint density at radius 1 is 1.40 bits per heavy atom. The molecule has 0 aromatic heterocycles. The van der Waals surface area contributed by atoms with Crippen molar-refractivity contribution in [3.05, 3.63) is 29.8 Å². The quantitative estimate of drug-likeness (QED) is 0.472. The van der Waals surface area contributed by atoms with Gasteiger partial charge >= 0.3 is 23.1 Å². The van der Waals surface area contributed by atoms with Gasteiger partial charge in [-0.25, -0.2) is 0 Å². The van der Waals surface area contributed by atoms with E-state index >= 15 is 0 Å². The molecule has 1 aliphatic heterocycles. The van der Waals surface area contributed by atoms with Crippen molar-refractivity contribution < 1.29 is 31.2 Å². The number of hydrogen-bond acceptors (Lipinski definition) is 3. The minimum Gasteiger partial charge on any atom is -1.00 e. The average Bonchev–Trinajstić information content (AvgIpc) is 2.70. The molecule has 0 aliphatic carbocycles. The van der Waals surface area contributed by atoms with Gasteiger partial charge in [0.05, 0.1) is 20.3 Å². The van der Waals surface area contributed by atoms with Gasteiger partial charge in [-0.1, -0.05) is 5.56 Å². The molecule has 0 bridgehead atoms. The van der Waals surface area contributed by atoms with E-state index in [1.54, 1.807) is 13.2 Å². The third-order valence-corrected chi connectivity index (χ3v) is 1.95. The molecule has 1 fully saturated rings. The minimum absolute atomic E-state index is 0. The number of halogens is 1. The molecule has 0 N–H and O–H groups in total. The Labute approximate surface area is 116 Å². The summed E-state index contributed by atoms with van der Waals surface area (Å²) >= 11 is 0. The van der Waals surface area contributed by atoms with Gasteiger partial charge < -0.3 is 31.2 Å². The van der Waals surface area contributed by atoms with Crippen molar-refractivity contribution in [2.45, 2.75) is 6.29 Å². The Hall–Kier alpha value is 0.186. The van der Waals surface area contributed by atoms with Crippen LogP contribution >= 0.6 is 0 Å². The second-order valence-corrected chi connectivity index (χ2v) is 2.74. The Kier molecular flexibility index (Phi) is 7.55. The molecule has 5 heteroatoms. The molecule has 1 heterocycles. The molecule has 0 atom stereocenters. The van der Waals surface area contributed by atoms with E-state index < -0.39 is 0 Å². The number of ether oxygens (including phenoxy) is 3. The third-order valence-electron chi connectivity index (χ3n) is 1.95. The Bertz CT molecular complexity index is 290. The van der Waals surface area contributed by atoms with E-state index in [2.05, 4.69) is 6.07 Å². The maximum atomic E-state index is 5.36. The summed E-state index contributed by atoms with van der Waals surface area (Å²) in [5.74, 6) is 0.783. The van der Waals surface area contributed by atoms with Gasteiger partial charge in [-0.3, -0.25) is 0 Å². The van der Waals surface area contributed by atoms with Gasteiger partial charge in [-0.05, 0) is 0 Å². The first-order chi connectivity index (χ1) is 6.42. The summed E-state index contributed by atoms with van der Waals surface area (Å²) in [6.45, 7) is 1.28. The molecule has 0 unspecified atom stereocenters. The molecule has 0 radical (unpaired) electrons. The number of benzene rings is 1. The molecule has 15 heavy (non-hydrogen) atoms. The molecule has 1 saturated heterocycles. The maximum absolute atomic E-state index is 5.36. The summed E-state index contributed by atoms with van der Waals surface area (Å²) in [6.07, 6.45) is -0.285. The summed E-state index contributed by atoms with van der Waals surface area (Å²) < 4.78 is 15.9. The molecular weight excluding hydrogens is 272 g/mol. The predicted octanol–water partition coefficient (Wildman–Crippen LogP) is -1.84. The zero-order chi connectivity index (χ0) is 9.10. The smallest absolute Gasteiger partial charge is 1.00 e. The van der Waals surface area contributed by atoms with E-state index in [0.29, 0.717) is 13.2 Å². The first-order valence-corrected chi connectivity index (χ1v) is 4.19. The zero-order valence-corrected chi connectivity index (χ0v) is 11.5. The van der Waals surface area contributed by atoms with E-state index in [1.165, 1.54) is 0 Å². The van der Waals surface area contributed by atoms with Gasteiger partial charge in [0, 0.05) is 5.75 Å². The van der Waals surface area contributed by atoms with Crippen molar-refractivity contribution in [2.24, 2.45) is 0 Å². The van der Waals surface area contributed by atoms with E-state index in [4.69, 9.17) is 14.2 Å². The Balaban J connectivity index is 0.000000980. The molecule has 2 rings (SSSR count). The molecular formula is C10H11BrMgO3. The van der Waals surface area contributed by atoms with Crippen LogP contribution < -0.4 is 21.7 Å². The number of methoxy groups -OCH3 is 1. The number of rotatable bonds is 2. The van der Waals surface area contributed by atoms with Crippen LogP contribution in [0.4, 0.5) is 0 Å². The van der Waals surface area contributed by atoms with Crippen LogP contribution in [-0.2, 0) is 9.47 Å². The standard InChI is InChI=1S/C10H11O3.BrH.Mg/c1-11-9-5-3-2-4-8(9)10-12-6-7-13-10;;/h3-5,10H,6-7H2,1H3;1H;/q-1;;+2/p-1. The molecule has 0 amide bonds. The number of hydrogen-bond donors (Lipinski definition) is 0. The minimum atomic E-state index is -0.285. The first kappa shape index (κ1) is 15.2. The van der Waals surface area contributed by atoms with Crippen LogP contribution in [0.1, 0.15) is 11.9 Å². The fraction of sp³-hybridized carbons (Fsp3) is 0.400. The average molecular weight is 283 g/mol. The maximum Gasteiger partial charge on any atom is 2.00 e. The van der Waals surface area contributed by atoms with Gasteiger partial charge in [0.25, 0.3) is 0 Å². The van der Waals surface area contributed by atoms with Gasteiger partial charge in [-0.15, -0.1) is 6.07 Å². The van der Waals surface area contributed by atoms with Gasteiger partial charge in [0.2, 0.25) is 0 Å².